The molecule has 2 aromatic carbocycles. The maximum Gasteiger partial charge on any atom is 0.150 e. The van der Waals surface area contributed by atoms with Crippen LogP contribution in [0.5, 0.6) is 5.75 Å². The number of phenolic OH excluding ortho intramolecular Hbond substituents is 1. The highest BCUT2D eigenvalue weighted by Gasteiger charge is 1.98. The zero-order valence-corrected chi connectivity index (χ0v) is 12.2. The lowest BCUT2D eigenvalue weighted by atomic mass is 10.0. The highest BCUT2D eigenvalue weighted by Crippen LogP contribution is 2.22. The monoisotopic (exact) mass is 270 g/mol. The van der Waals surface area contributed by atoms with Crippen LogP contribution in [-0.2, 0) is 0 Å². The van der Waals surface area contributed by atoms with E-state index in [1.165, 1.54) is 19.3 Å². The molecule has 0 atom stereocenters. The second-order valence-corrected chi connectivity index (χ2v) is 4.64. The van der Waals surface area contributed by atoms with Crippen LogP contribution >= 0.6 is 0 Å². The third kappa shape index (κ3) is 5.27. The van der Waals surface area contributed by atoms with Gasteiger partial charge in [0.15, 0.2) is 0 Å². The Morgan fingerprint density at radius 1 is 0.950 bits per heavy atom. The van der Waals surface area contributed by atoms with Gasteiger partial charge in [-0.2, -0.15) is 0 Å². The van der Waals surface area contributed by atoms with Gasteiger partial charge in [0.05, 0.1) is 0 Å². The summed E-state index contributed by atoms with van der Waals surface area (Å²) in [5, 5.41) is 9.32. The van der Waals surface area contributed by atoms with E-state index in [0.717, 1.165) is 17.4 Å². The number of carbonyl (C=O) groups is 1. The molecule has 106 valence electrons. The Bertz CT molecular complexity index is 513. The Kier molecular flexibility index (Phi) is 7.12. The molecule has 0 aromatic heterocycles. The summed E-state index contributed by atoms with van der Waals surface area (Å²) in [6, 6.07) is 14.3. The fourth-order valence-electron chi connectivity index (χ4n) is 1.79. The predicted octanol–water partition coefficient (Wildman–Crippen LogP) is 5.07. The van der Waals surface area contributed by atoms with E-state index in [9.17, 15) is 9.90 Å². The van der Waals surface area contributed by atoms with Gasteiger partial charge in [0.1, 0.15) is 12.0 Å². The number of hydrogen-bond acceptors (Lipinski definition) is 2. The predicted molar refractivity (Wildman–Crippen MR) is 84.1 cm³/mol. The lowest BCUT2D eigenvalue weighted by Gasteiger charge is -2.02. The Balaban J connectivity index is 0.000000347. The van der Waals surface area contributed by atoms with Crippen molar-refractivity contribution in [3.05, 3.63) is 54.1 Å². The number of aromatic hydroxyl groups is 1. The molecule has 1 N–H and O–H groups in total. The van der Waals surface area contributed by atoms with Gasteiger partial charge in [0.2, 0.25) is 0 Å². The van der Waals surface area contributed by atoms with Gasteiger partial charge in [-0.15, -0.1) is 0 Å². The summed E-state index contributed by atoms with van der Waals surface area (Å²) < 4.78 is 0. The highest BCUT2D eigenvalue weighted by atomic mass is 16.3. The smallest absolute Gasteiger partial charge is 0.150 e. The van der Waals surface area contributed by atoms with Crippen molar-refractivity contribution in [2.24, 2.45) is 0 Å². The zero-order chi connectivity index (χ0) is 14.8. The molecule has 0 bridgehead atoms. The van der Waals surface area contributed by atoms with E-state index in [2.05, 4.69) is 13.8 Å². The van der Waals surface area contributed by atoms with Gasteiger partial charge in [-0.1, -0.05) is 69.5 Å². The zero-order valence-electron chi connectivity index (χ0n) is 12.2. The summed E-state index contributed by atoms with van der Waals surface area (Å²) >= 11 is 0. The van der Waals surface area contributed by atoms with Crippen LogP contribution in [0.15, 0.2) is 48.5 Å². The molecule has 0 aliphatic carbocycles. The quantitative estimate of drug-likeness (QED) is 0.788. The number of hydrogen-bond donors (Lipinski definition) is 1. The third-order valence-corrected chi connectivity index (χ3v) is 2.93. The summed E-state index contributed by atoms with van der Waals surface area (Å²) in [5.74, 6) is 0.243. The molecule has 2 nitrogen and oxygen atoms in total. The molecule has 0 heterocycles. The number of unbranched alkanes of at least 4 members (excludes halogenated alkanes) is 2. The Hall–Kier alpha value is -2.09. The number of benzene rings is 2. The first-order valence-electron chi connectivity index (χ1n) is 7.05. The van der Waals surface area contributed by atoms with Gasteiger partial charge >= 0.3 is 0 Å². The SMILES string of the molecule is CCCCC.O=Cc1ccc(-c2cccc(O)c2)cc1. The normalized spacial score (nSPS) is 9.50. The van der Waals surface area contributed by atoms with Crippen LogP contribution in [-0.4, -0.2) is 11.4 Å². The van der Waals surface area contributed by atoms with Crippen LogP contribution in [0, 0.1) is 0 Å². The second kappa shape index (κ2) is 8.92. The molecule has 2 heteroatoms. The summed E-state index contributed by atoms with van der Waals surface area (Å²) in [6.07, 6.45) is 4.89. The van der Waals surface area contributed by atoms with Gasteiger partial charge in [-0.3, -0.25) is 4.79 Å². The van der Waals surface area contributed by atoms with E-state index in [0.29, 0.717) is 5.56 Å². The van der Waals surface area contributed by atoms with Crippen LogP contribution in [0.4, 0.5) is 0 Å². The fraction of sp³-hybridized carbons (Fsp3) is 0.278. The molecular formula is C18H22O2. The molecule has 2 aromatic rings. The second-order valence-electron chi connectivity index (χ2n) is 4.64. The van der Waals surface area contributed by atoms with Crippen LogP contribution in [0.2, 0.25) is 0 Å². The number of phenols is 1. The number of rotatable bonds is 4. The summed E-state index contributed by atoms with van der Waals surface area (Å²) in [6.45, 7) is 4.42. The average molecular weight is 270 g/mol. The first-order valence-corrected chi connectivity index (χ1v) is 7.05. The van der Waals surface area contributed by atoms with Gasteiger partial charge in [-0.25, -0.2) is 0 Å². The molecule has 0 amide bonds. The van der Waals surface area contributed by atoms with Crippen molar-refractivity contribution in [1.29, 1.82) is 0 Å². The van der Waals surface area contributed by atoms with Gasteiger partial charge < -0.3 is 5.11 Å². The summed E-state index contributed by atoms with van der Waals surface area (Å²) in [4.78, 5) is 10.5. The molecule has 2 rings (SSSR count). The first kappa shape index (κ1) is 16.0. The molecule has 0 aliphatic rings. The van der Waals surface area contributed by atoms with Crippen molar-refractivity contribution < 1.29 is 9.90 Å². The Morgan fingerprint density at radius 3 is 2.05 bits per heavy atom. The van der Waals surface area contributed by atoms with E-state index in [-0.39, 0.29) is 5.75 Å². The van der Waals surface area contributed by atoms with Gasteiger partial charge in [0, 0.05) is 5.56 Å². The molecule has 0 fully saturated rings. The minimum Gasteiger partial charge on any atom is -0.508 e. The highest BCUT2D eigenvalue weighted by molar-refractivity contribution is 5.77. The molecule has 0 spiro atoms. The standard InChI is InChI=1S/C13H10O2.C5H12/c14-9-10-4-6-11(7-5-10)12-2-1-3-13(15)8-12;1-3-5-4-2/h1-9,15H;3-5H2,1-2H3. The molecule has 20 heavy (non-hydrogen) atoms. The molecule has 0 radical (unpaired) electrons. The first-order chi connectivity index (χ1) is 9.71. The minimum atomic E-state index is 0.243. The molecule has 0 saturated heterocycles. The topological polar surface area (TPSA) is 37.3 Å². The Morgan fingerprint density at radius 2 is 1.60 bits per heavy atom. The lowest BCUT2D eigenvalue weighted by molar-refractivity contribution is 0.112. The lowest BCUT2D eigenvalue weighted by Crippen LogP contribution is -1.80. The number of aldehydes is 1. The van der Waals surface area contributed by atoms with Crippen molar-refractivity contribution in [1.82, 2.24) is 0 Å². The van der Waals surface area contributed by atoms with Gasteiger partial charge in [-0.05, 0) is 23.3 Å². The average Bonchev–Trinajstić information content (AvgIpc) is 2.49. The van der Waals surface area contributed by atoms with Crippen molar-refractivity contribution in [2.75, 3.05) is 0 Å². The maximum atomic E-state index is 10.5. The van der Waals surface area contributed by atoms with Crippen LogP contribution in [0.3, 0.4) is 0 Å². The van der Waals surface area contributed by atoms with Crippen LogP contribution < -0.4 is 0 Å². The van der Waals surface area contributed by atoms with Crippen molar-refractivity contribution in [3.63, 3.8) is 0 Å². The summed E-state index contributed by atoms with van der Waals surface area (Å²) in [7, 11) is 0. The third-order valence-electron chi connectivity index (χ3n) is 2.93. The van der Waals surface area contributed by atoms with E-state index in [4.69, 9.17) is 0 Å². The van der Waals surface area contributed by atoms with Crippen molar-refractivity contribution >= 4 is 6.29 Å². The molecule has 0 aliphatic heterocycles. The fourth-order valence-corrected chi connectivity index (χ4v) is 1.79. The largest absolute Gasteiger partial charge is 0.508 e. The van der Waals surface area contributed by atoms with E-state index < -0.39 is 0 Å². The van der Waals surface area contributed by atoms with Crippen molar-refractivity contribution in [2.45, 2.75) is 33.1 Å². The van der Waals surface area contributed by atoms with Crippen LogP contribution in [0.25, 0.3) is 11.1 Å². The van der Waals surface area contributed by atoms with E-state index in [1.54, 1.807) is 30.3 Å². The Labute approximate surface area is 121 Å². The molecular weight excluding hydrogens is 248 g/mol. The molecule has 0 saturated carbocycles. The van der Waals surface area contributed by atoms with Crippen molar-refractivity contribution in [3.8, 4) is 16.9 Å². The number of carbonyl (C=O) groups excluding carboxylic acids is 1. The maximum absolute atomic E-state index is 10.5. The molecule has 0 unspecified atom stereocenters. The van der Waals surface area contributed by atoms with Crippen LogP contribution in [0.1, 0.15) is 43.5 Å². The summed E-state index contributed by atoms with van der Waals surface area (Å²) in [5.41, 5.74) is 2.57. The minimum absolute atomic E-state index is 0.243. The van der Waals surface area contributed by atoms with E-state index in [1.807, 2.05) is 18.2 Å². The van der Waals surface area contributed by atoms with E-state index >= 15 is 0 Å². The van der Waals surface area contributed by atoms with Gasteiger partial charge in [0.25, 0.3) is 0 Å².